The van der Waals surface area contributed by atoms with Crippen LogP contribution in [0.5, 0.6) is 0 Å². The highest BCUT2D eigenvalue weighted by Crippen LogP contribution is 2.17. The van der Waals surface area contributed by atoms with Gasteiger partial charge in [-0.2, -0.15) is 0 Å². The molecule has 1 rings (SSSR count). The number of rotatable bonds is 3. The molecule has 0 aliphatic carbocycles. The Balaban J connectivity index is 3.03. The molecule has 0 unspecified atom stereocenters. The smallest absolute Gasteiger partial charge is 0.275 e. The van der Waals surface area contributed by atoms with Gasteiger partial charge in [0.1, 0.15) is 5.15 Å². The van der Waals surface area contributed by atoms with Crippen LogP contribution in [0.3, 0.4) is 0 Å². The number of aromatic nitrogens is 1. The highest BCUT2D eigenvalue weighted by atomic mass is 35.5. The quantitative estimate of drug-likeness (QED) is 0.637. The number of hydroxylamine groups is 1. The summed E-state index contributed by atoms with van der Waals surface area (Å²) in [6.07, 6.45) is 0. The number of carbonyl (C=O) groups is 1. The summed E-state index contributed by atoms with van der Waals surface area (Å²) in [5, 5.41) is 0.308. The molecule has 82 valence electrons. The Morgan fingerprint density at radius 1 is 1.53 bits per heavy atom. The number of halogens is 1. The minimum Gasteiger partial charge on any atom is -0.277 e. The first-order valence-corrected chi connectivity index (χ1v) is 4.93. The molecular formula is C10H13ClN2O2. The minimum absolute atomic E-state index is 0.220. The molecule has 1 amide bonds. The molecule has 4 nitrogen and oxygen atoms in total. The monoisotopic (exact) mass is 228 g/mol. The van der Waals surface area contributed by atoms with Gasteiger partial charge in [0.25, 0.3) is 5.91 Å². The lowest BCUT2D eigenvalue weighted by molar-refractivity contribution is 0.0537. The Bertz CT molecular complexity index is 366. The van der Waals surface area contributed by atoms with E-state index in [9.17, 15) is 4.79 Å². The van der Waals surface area contributed by atoms with Gasteiger partial charge in [0.15, 0.2) is 0 Å². The highest BCUT2D eigenvalue weighted by molar-refractivity contribution is 6.29. The molecule has 0 atom stereocenters. The summed E-state index contributed by atoms with van der Waals surface area (Å²) in [5.74, 6) is -0.110. The van der Waals surface area contributed by atoms with E-state index in [2.05, 4.69) is 15.3 Å². The van der Waals surface area contributed by atoms with E-state index in [-0.39, 0.29) is 11.8 Å². The average Bonchev–Trinajstić information content (AvgIpc) is 2.17. The maximum Gasteiger partial charge on any atom is 0.275 e. The third kappa shape index (κ3) is 3.18. The second-order valence-corrected chi connectivity index (χ2v) is 3.78. The molecular weight excluding hydrogens is 216 g/mol. The molecule has 0 radical (unpaired) electrons. The van der Waals surface area contributed by atoms with Crippen LogP contribution in [-0.4, -0.2) is 18.0 Å². The molecule has 1 aromatic rings. The van der Waals surface area contributed by atoms with Crippen LogP contribution >= 0.6 is 11.6 Å². The maximum atomic E-state index is 11.4. The number of pyridine rings is 1. The minimum atomic E-state index is -0.330. The number of hydrogen-bond acceptors (Lipinski definition) is 3. The predicted molar refractivity (Wildman–Crippen MR) is 57.8 cm³/mol. The van der Waals surface area contributed by atoms with Gasteiger partial charge >= 0.3 is 0 Å². The van der Waals surface area contributed by atoms with E-state index in [4.69, 9.17) is 11.6 Å². The summed E-state index contributed by atoms with van der Waals surface area (Å²) < 4.78 is 0. The third-order valence-corrected chi connectivity index (χ3v) is 2.06. The number of nitrogens with zero attached hydrogens (tertiary/aromatic N) is 1. The molecule has 1 heterocycles. The summed E-state index contributed by atoms with van der Waals surface area (Å²) in [5.41, 5.74) is 3.46. The van der Waals surface area contributed by atoms with Gasteiger partial charge in [-0.1, -0.05) is 25.4 Å². The predicted octanol–water partition coefficient (Wildman–Crippen LogP) is 2.15. The summed E-state index contributed by atoms with van der Waals surface area (Å²) >= 11 is 5.81. The van der Waals surface area contributed by atoms with E-state index in [0.717, 1.165) is 5.69 Å². The lowest BCUT2D eigenvalue weighted by Crippen LogP contribution is -2.22. The topological polar surface area (TPSA) is 51.2 Å². The molecule has 15 heavy (non-hydrogen) atoms. The summed E-state index contributed by atoms with van der Waals surface area (Å²) in [7, 11) is 1.38. The molecule has 0 fully saturated rings. The van der Waals surface area contributed by atoms with Crippen LogP contribution in [0.25, 0.3) is 0 Å². The van der Waals surface area contributed by atoms with E-state index in [1.54, 1.807) is 6.07 Å². The van der Waals surface area contributed by atoms with E-state index in [1.165, 1.54) is 13.2 Å². The first-order valence-electron chi connectivity index (χ1n) is 4.55. The van der Waals surface area contributed by atoms with Crippen molar-refractivity contribution in [3.05, 3.63) is 28.5 Å². The van der Waals surface area contributed by atoms with Crippen molar-refractivity contribution >= 4 is 17.5 Å². The number of amides is 1. The zero-order valence-corrected chi connectivity index (χ0v) is 9.63. The third-order valence-electron chi connectivity index (χ3n) is 1.86. The highest BCUT2D eigenvalue weighted by Gasteiger charge is 2.10. The first-order chi connectivity index (χ1) is 7.04. The lowest BCUT2D eigenvalue weighted by Gasteiger charge is -2.07. The molecule has 0 aromatic carbocycles. The van der Waals surface area contributed by atoms with Gasteiger partial charge in [-0.3, -0.25) is 9.63 Å². The van der Waals surface area contributed by atoms with Crippen molar-refractivity contribution in [1.82, 2.24) is 10.5 Å². The second kappa shape index (κ2) is 5.09. The van der Waals surface area contributed by atoms with E-state index < -0.39 is 0 Å². The average molecular weight is 229 g/mol. The van der Waals surface area contributed by atoms with E-state index >= 15 is 0 Å². The van der Waals surface area contributed by atoms with Gasteiger partial charge in [0.05, 0.1) is 7.11 Å². The largest absolute Gasteiger partial charge is 0.277 e. The van der Waals surface area contributed by atoms with Crippen molar-refractivity contribution in [2.45, 2.75) is 19.8 Å². The van der Waals surface area contributed by atoms with Crippen LogP contribution in [0.4, 0.5) is 0 Å². The number of carbonyl (C=O) groups excluding carboxylic acids is 1. The molecule has 0 spiro atoms. The Kier molecular flexibility index (Phi) is 4.05. The van der Waals surface area contributed by atoms with Crippen molar-refractivity contribution in [1.29, 1.82) is 0 Å². The van der Waals surface area contributed by atoms with Crippen molar-refractivity contribution < 1.29 is 9.63 Å². The van der Waals surface area contributed by atoms with Crippen LogP contribution in [0, 0.1) is 0 Å². The lowest BCUT2D eigenvalue weighted by atomic mass is 10.1. The van der Waals surface area contributed by atoms with Gasteiger partial charge in [-0.05, 0) is 18.1 Å². The zero-order chi connectivity index (χ0) is 11.4. The molecule has 5 heteroatoms. The van der Waals surface area contributed by atoms with Gasteiger partial charge in [0, 0.05) is 11.3 Å². The van der Waals surface area contributed by atoms with Crippen LogP contribution < -0.4 is 5.48 Å². The molecule has 0 aliphatic rings. The van der Waals surface area contributed by atoms with E-state index in [0.29, 0.717) is 10.7 Å². The van der Waals surface area contributed by atoms with Crippen LogP contribution in [0.2, 0.25) is 5.15 Å². The first kappa shape index (κ1) is 11.9. The SMILES string of the molecule is CONC(=O)c1cc(Cl)nc(C(C)C)c1. The van der Waals surface area contributed by atoms with Crippen molar-refractivity contribution in [2.24, 2.45) is 0 Å². The van der Waals surface area contributed by atoms with Gasteiger partial charge in [0.2, 0.25) is 0 Å². The molecule has 0 bridgehead atoms. The van der Waals surface area contributed by atoms with Crippen LogP contribution in [0.15, 0.2) is 12.1 Å². The zero-order valence-electron chi connectivity index (χ0n) is 8.87. The van der Waals surface area contributed by atoms with E-state index in [1.807, 2.05) is 13.8 Å². The second-order valence-electron chi connectivity index (χ2n) is 3.39. The number of nitrogens with one attached hydrogen (secondary N) is 1. The molecule has 0 saturated carbocycles. The van der Waals surface area contributed by atoms with Crippen LogP contribution in [-0.2, 0) is 4.84 Å². The van der Waals surface area contributed by atoms with Gasteiger partial charge in [-0.15, -0.1) is 0 Å². The Morgan fingerprint density at radius 2 is 2.20 bits per heavy atom. The van der Waals surface area contributed by atoms with Crippen LogP contribution in [0.1, 0.15) is 35.8 Å². The fraction of sp³-hybridized carbons (Fsp3) is 0.400. The molecule has 0 aliphatic heterocycles. The Morgan fingerprint density at radius 3 is 2.73 bits per heavy atom. The normalized spacial score (nSPS) is 10.5. The summed E-state index contributed by atoms with van der Waals surface area (Å²) in [6.45, 7) is 3.97. The fourth-order valence-corrected chi connectivity index (χ4v) is 1.31. The standard InChI is InChI=1S/C10H13ClN2O2/c1-6(2)8-4-7(5-9(11)12-8)10(14)13-15-3/h4-6H,1-3H3,(H,13,14). The summed E-state index contributed by atoms with van der Waals surface area (Å²) in [4.78, 5) is 20.1. The van der Waals surface area contributed by atoms with Crippen molar-refractivity contribution in [3.63, 3.8) is 0 Å². The number of hydrogen-bond donors (Lipinski definition) is 1. The Labute approximate surface area is 93.6 Å². The maximum absolute atomic E-state index is 11.4. The Hall–Kier alpha value is -1.13. The fourth-order valence-electron chi connectivity index (χ4n) is 1.10. The van der Waals surface area contributed by atoms with Crippen molar-refractivity contribution in [2.75, 3.05) is 7.11 Å². The molecule has 0 saturated heterocycles. The molecule has 1 aromatic heterocycles. The van der Waals surface area contributed by atoms with Gasteiger partial charge in [-0.25, -0.2) is 10.5 Å². The van der Waals surface area contributed by atoms with Gasteiger partial charge < -0.3 is 0 Å². The van der Waals surface area contributed by atoms with Crippen molar-refractivity contribution in [3.8, 4) is 0 Å². The molecule has 1 N–H and O–H groups in total. The summed E-state index contributed by atoms with van der Waals surface area (Å²) in [6, 6.07) is 3.20.